The summed E-state index contributed by atoms with van der Waals surface area (Å²) in [5.74, 6) is 2.58. The van der Waals surface area contributed by atoms with Gasteiger partial charge in [-0.1, -0.05) is 5.92 Å². The topological polar surface area (TPSA) is 21.3 Å². The largest absolute Gasteiger partial charge is 0.364 e. The summed E-state index contributed by atoms with van der Waals surface area (Å²) < 4.78 is 5.25. The lowest BCUT2D eigenvalue weighted by Crippen LogP contribution is -2.16. The highest BCUT2D eigenvalue weighted by molar-refractivity contribution is 5.85. The zero-order valence-corrected chi connectivity index (χ0v) is 6.62. The van der Waals surface area contributed by atoms with E-state index in [1.165, 1.54) is 0 Å². The zero-order chi connectivity index (χ0) is 6.53. The maximum absolute atomic E-state index is 5.25. The van der Waals surface area contributed by atoms with Crippen LogP contribution in [0, 0.1) is 12.3 Å². The van der Waals surface area contributed by atoms with Crippen LogP contribution in [-0.2, 0) is 4.74 Å². The molecule has 1 rings (SSSR count). The molecule has 0 spiro atoms. The summed E-state index contributed by atoms with van der Waals surface area (Å²) in [4.78, 5) is 0. The molecule has 0 aromatic heterocycles. The Morgan fingerprint density at radius 3 is 3.00 bits per heavy atom. The fourth-order valence-electron chi connectivity index (χ4n) is 0.846. The van der Waals surface area contributed by atoms with E-state index in [1.54, 1.807) is 0 Å². The Morgan fingerprint density at radius 1 is 1.50 bits per heavy atom. The quantitative estimate of drug-likeness (QED) is 0.520. The van der Waals surface area contributed by atoms with Crippen LogP contribution in [0.15, 0.2) is 0 Å². The first-order chi connectivity index (χ1) is 4.43. The van der Waals surface area contributed by atoms with E-state index in [9.17, 15) is 0 Å². The Labute approximate surface area is 67.7 Å². The van der Waals surface area contributed by atoms with Crippen LogP contribution in [0.3, 0.4) is 0 Å². The minimum absolute atomic E-state index is 0. The van der Waals surface area contributed by atoms with Gasteiger partial charge >= 0.3 is 0 Å². The molecule has 1 saturated heterocycles. The molecule has 2 nitrogen and oxygen atoms in total. The van der Waals surface area contributed by atoms with Crippen LogP contribution in [0.1, 0.15) is 6.42 Å². The minimum Gasteiger partial charge on any atom is -0.364 e. The van der Waals surface area contributed by atoms with Crippen LogP contribution in [0.5, 0.6) is 0 Å². The summed E-state index contributed by atoms with van der Waals surface area (Å²) in [5, 5.41) is 3.19. The summed E-state index contributed by atoms with van der Waals surface area (Å²) in [6, 6.07) is 0. The van der Waals surface area contributed by atoms with Crippen molar-refractivity contribution in [2.45, 2.75) is 12.5 Å². The third-order valence-corrected chi connectivity index (χ3v) is 1.37. The van der Waals surface area contributed by atoms with Crippen molar-refractivity contribution in [3.63, 3.8) is 0 Å². The molecule has 3 heteroatoms. The highest BCUT2D eigenvalue weighted by Gasteiger charge is 2.06. The average Bonchev–Trinajstić information content (AvgIpc) is 2.13. The summed E-state index contributed by atoms with van der Waals surface area (Å²) in [6.45, 7) is 2.65. The molecule has 0 aromatic rings. The molecule has 10 heavy (non-hydrogen) atoms. The highest BCUT2D eigenvalue weighted by atomic mass is 35.5. The average molecular weight is 162 g/mol. The van der Waals surface area contributed by atoms with Gasteiger partial charge in [-0.15, -0.1) is 18.8 Å². The molecule has 0 bridgehead atoms. The number of terminal acetylenes is 1. The van der Waals surface area contributed by atoms with Crippen molar-refractivity contribution in [3.05, 3.63) is 0 Å². The van der Waals surface area contributed by atoms with Gasteiger partial charge in [-0.2, -0.15) is 0 Å². The molecule has 0 saturated carbocycles. The molecule has 0 amide bonds. The van der Waals surface area contributed by atoms with Gasteiger partial charge in [0, 0.05) is 6.54 Å². The van der Waals surface area contributed by atoms with E-state index in [1.807, 2.05) is 0 Å². The second-order valence-corrected chi connectivity index (χ2v) is 2.06. The Balaban J connectivity index is 0.000000810. The Hall–Kier alpha value is -0.230. The molecule has 0 aromatic carbocycles. The van der Waals surface area contributed by atoms with Gasteiger partial charge in [-0.3, -0.25) is 0 Å². The number of nitrogens with one attached hydrogen (secondary N) is 1. The summed E-state index contributed by atoms with van der Waals surface area (Å²) in [5.41, 5.74) is 0. The van der Waals surface area contributed by atoms with E-state index in [0.717, 1.165) is 26.1 Å². The lowest BCUT2D eigenvalue weighted by molar-refractivity contribution is 0.105. The summed E-state index contributed by atoms with van der Waals surface area (Å²) in [7, 11) is 0. The number of ether oxygens (including phenoxy) is 1. The maximum Gasteiger partial charge on any atom is 0.119 e. The third kappa shape index (κ3) is 3.07. The standard InChI is InChI=1S/C7H11NO.ClH/c1-2-7-3-4-8-5-6-9-7;/h1,7-8H,3-6H2;1H. The lowest BCUT2D eigenvalue weighted by atomic mass is 10.3. The normalized spacial score (nSPS) is 25.7. The van der Waals surface area contributed by atoms with E-state index in [2.05, 4.69) is 11.2 Å². The second kappa shape index (κ2) is 5.55. The number of rotatable bonds is 0. The van der Waals surface area contributed by atoms with Crippen molar-refractivity contribution in [1.29, 1.82) is 0 Å². The Morgan fingerprint density at radius 2 is 2.30 bits per heavy atom. The van der Waals surface area contributed by atoms with Crippen LogP contribution in [0.2, 0.25) is 0 Å². The Kier molecular flexibility index (Phi) is 5.42. The molecule has 0 aliphatic carbocycles. The Bertz CT molecular complexity index is 113. The first-order valence-corrected chi connectivity index (χ1v) is 3.22. The molecule has 1 unspecified atom stereocenters. The van der Waals surface area contributed by atoms with E-state index in [-0.39, 0.29) is 18.5 Å². The van der Waals surface area contributed by atoms with Gasteiger partial charge in [0.1, 0.15) is 6.10 Å². The second-order valence-electron chi connectivity index (χ2n) is 2.06. The monoisotopic (exact) mass is 161 g/mol. The fraction of sp³-hybridized carbons (Fsp3) is 0.714. The lowest BCUT2D eigenvalue weighted by Gasteiger charge is -2.04. The van der Waals surface area contributed by atoms with Gasteiger partial charge in [0.15, 0.2) is 0 Å². The zero-order valence-electron chi connectivity index (χ0n) is 5.80. The van der Waals surface area contributed by atoms with Gasteiger partial charge in [0.2, 0.25) is 0 Å². The first kappa shape index (κ1) is 9.77. The highest BCUT2D eigenvalue weighted by Crippen LogP contribution is 1.97. The van der Waals surface area contributed by atoms with Gasteiger partial charge in [-0.05, 0) is 13.0 Å². The summed E-state index contributed by atoms with van der Waals surface area (Å²) >= 11 is 0. The number of hydrogen-bond acceptors (Lipinski definition) is 2. The minimum atomic E-state index is 0. The van der Waals surface area contributed by atoms with Crippen molar-refractivity contribution in [2.75, 3.05) is 19.7 Å². The van der Waals surface area contributed by atoms with Crippen LogP contribution in [0.25, 0.3) is 0 Å². The number of hydrogen-bond donors (Lipinski definition) is 1. The van der Waals surface area contributed by atoms with E-state index >= 15 is 0 Å². The van der Waals surface area contributed by atoms with Gasteiger partial charge in [-0.25, -0.2) is 0 Å². The smallest absolute Gasteiger partial charge is 0.119 e. The third-order valence-electron chi connectivity index (χ3n) is 1.37. The van der Waals surface area contributed by atoms with E-state index in [4.69, 9.17) is 11.2 Å². The molecule has 1 aliphatic rings. The molecule has 1 N–H and O–H groups in total. The molecular weight excluding hydrogens is 150 g/mol. The van der Waals surface area contributed by atoms with Crippen LogP contribution < -0.4 is 5.32 Å². The van der Waals surface area contributed by atoms with E-state index in [0.29, 0.717) is 0 Å². The number of halogens is 1. The predicted molar refractivity (Wildman–Crippen MR) is 43.3 cm³/mol. The van der Waals surface area contributed by atoms with Crippen molar-refractivity contribution in [1.82, 2.24) is 5.32 Å². The summed E-state index contributed by atoms with van der Waals surface area (Å²) in [6.07, 6.45) is 6.15. The van der Waals surface area contributed by atoms with E-state index < -0.39 is 0 Å². The van der Waals surface area contributed by atoms with Crippen LogP contribution in [0.4, 0.5) is 0 Å². The fourth-order valence-corrected chi connectivity index (χ4v) is 0.846. The molecular formula is C7H12ClNO. The predicted octanol–water partition coefficient (Wildman–Crippen LogP) is 0.420. The molecule has 58 valence electrons. The molecule has 1 fully saturated rings. The van der Waals surface area contributed by atoms with Crippen LogP contribution >= 0.6 is 12.4 Å². The molecule has 1 aliphatic heterocycles. The van der Waals surface area contributed by atoms with Gasteiger partial charge in [0.25, 0.3) is 0 Å². The SMILES string of the molecule is C#CC1CCNCCO1.Cl. The maximum atomic E-state index is 5.25. The van der Waals surface area contributed by atoms with Crippen molar-refractivity contribution < 1.29 is 4.74 Å². The van der Waals surface area contributed by atoms with Crippen molar-refractivity contribution in [2.24, 2.45) is 0 Å². The molecule has 1 atom stereocenters. The first-order valence-electron chi connectivity index (χ1n) is 3.22. The molecule has 1 heterocycles. The van der Waals surface area contributed by atoms with Crippen molar-refractivity contribution >= 4 is 12.4 Å². The van der Waals surface area contributed by atoms with Crippen molar-refractivity contribution in [3.8, 4) is 12.3 Å². The molecule has 0 radical (unpaired) electrons. The van der Waals surface area contributed by atoms with Crippen LogP contribution in [-0.4, -0.2) is 25.8 Å². The van der Waals surface area contributed by atoms with Gasteiger partial charge < -0.3 is 10.1 Å². The van der Waals surface area contributed by atoms with Gasteiger partial charge in [0.05, 0.1) is 6.61 Å².